The Morgan fingerprint density at radius 3 is 2.29 bits per heavy atom. The van der Waals surface area contributed by atoms with Crippen molar-refractivity contribution in [2.24, 2.45) is 0 Å². The first kappa shape index (κ1) is 10.1. The van der Waals surface area contributed by atoms with E-state index in [1.807, 2.05) is 0 Å². The summed E-state index contributed by atoms with van der Waals surface area (Å²) >= 11 is 0. The molecular weight excluding hydrogens is 112 g/mol. The zero-order valence-corrected chi connectivity index (χ0v) is 5.29. The molecule has 0 radical (unpaired) electrons. The third-order valence-electron chi connectivity index (χ3n) is 0.155. The molecule has 0 aliphatic heterocycles. The standard InChI is InChI=1S/C2H4O4.Mg.2H/c1-5-6-2(3)4;;;/h1H3,(H,3,4);;;/q;+2;2*-1. The first-order valence-electron chi connectivity index (χ1n) is 1.21. The molecule has 0 aromatic rings. The van der Waals surface area contributed by atoms with Crippen LogP contribution in [0.5, 0.6) is 0 Å². The van der Waals surface area contributed by atoms with Crippen molar-refractivity contribution in [2.45, 2.75) is 0 Å². The van der Waals surface area contributed by atoms with Gasteiger partial charge >= 0.3 is 29.2 Å². The number of carbonyl (C=O) groups is 1. The molecule has 0 heterocycles. The van der Waals surface area contributed by atoms with Crippen molar-refractivity contribution in [3.8, 4) is 0 Å². The first-order valence-corrected chi connectivity index (χ1v) is 1.21. The minimum absolute atomic E-state index is 0. The molecule has 0 saturated heterocycles. The van der Waals surface area contributed by atoms with Crippen LogP contribution < -0.4 is 0 Å². The summed E-state index contributed by atoms with van der Waals surface area (Å²) in [7, 11) is 1.12. The van der Waals surface area contributed by atoms with Crippen molar-refractivity contribution >= 4 is 29.2 Å². The maximum absolute atomic E-state index is 9.25. The summed E-state index contributed by atoms with van der Waals surface area (Å²) in [5.41, 5.74) is 0. The van der Waals surface area contributed by atoms with Crippen LogP contribution in [0.3, 0.4) is 0 Å². The summed E-state index contributed by atoms with van der Waals surface area (Å²) in [6.45, 7) is 0. The van der Waals surface area contributed by atoms with E-state index >= 15 is 0 Å². The van der Waals surface area contributed by atoms with Crippen LogP contribution in [-0.2, 0) is 9.78 Å². The van der Waals surface area contributed by atoms with E-state index in [-0.39, 0.29) is 25.9 Å². The van der Waals surface area contributed by atoms with Crippen LogP contribution in [0.15, 0.2) is 0 Å². The van der Waals surface area contributed by atoms with Crippen LogP contribution in [0, 0.1) is 0 Å². The zero-order chi connectivity index (χ0) is 4.99. The topological polar surface area (TPSA) is 55.8 Å². The smallest absolute Gasteiger partial charge is 1.00 e. The third kappa shape index (κ3) is 10.7. The minimum Gasteiger partial charge on any atom is -1.00 e. The van der Waals surface area contributed by atoms with Crippen LogP contribution in [0.4, 0.5) is 4.79 Å². The molecule has 0 unspecified atom stereocenters. The Labute approximate surface area is 59.5 Å². The predicted molar refractivity (Wildman–Crippen MR) is 24.1 cm³/mol. The van der Waals surface area contributed by atoms with Gasteiger partial charge in [-0.05, 0) is 0 Å². The van der Waals surface area contributed by atoms with Crippen molar-refractivity contribution in [2.75, 3.05) is 7.11 Å². The fourth-order valence-electron chi connectivity index (χ4n) is 0.0713. The normalized spacial score (nSPS) is 6.43. The molecule has 0 aromatic carbocycles. The van der Waals surface area contributed by atoms with E-state index < -0.39 is 6.16 Å². The summed E-state index contributed by atoms with van der Waals surface area (Å²) < 4.78 is 0. The van der Waals surface area contributed by atoms with E-state index in [1.54, 1.807) is 0 Å². The van der Waals surface area contributed by atoms with Crippen molar-refractivity contribution < 1.29 is 22.5 Å². The van der Waals surface area contributed by atoms with Crippen molar-refractivity contribution in [1.29, 1.82) is 0 Å². The van der Waals surface area contributed by atoms with E-state index in [1.165, 1.54) is 0 Å². The second-order valence-corrected chi connectivity index (χ2v) is 0.516. The zero-order valence-electron chi connectivity index (χ0n) is 5.88. The molecule has 0 atom stereocenters. The van der Waals surface area contributed by atoms with Gasteiger partial charge in [0.25, 0.3) is 0 Å². The van der Waals surface area contributed by atoms with Gasteiger partial charge in [-0.2, -0.15) is 4.89 Å². The second kappa shape index (κ2) is 6.00. The fourth-order valence-corrected chi connectivity index (χ4v) is 0.0713. The Morgan fingerprint density at radius 2 is 2.29 bits per heavy atom. The van der Waals surface area contributed by atoms with Gasteiger partial charge in [-0.25, -0.2) is 4.79 Å². The van der Waals surface area contributed by atoms with Crippen LogP contribution in [-0.4, -0.2) is 41.4 Å². The predicted octanol–water partition coefficient (Wildman–Crippen LogP) is 0.0866. The summed E-state index contributed by atoms with van der Waals surface area (Å²) in [4.78, 5) is 16.4. The van der Waals surface area contributed by atoms with E-state index in [2.05, 4.69) is 9.78 Å². The average Bonchev–Trinajstić information content (AvgIpc) is 1.35. The Hall–Kier alpha value is -0.00377. The third-order valence-corrected chi connectivity index (χ3v) is 0.155. The van der Waals surface area contributed by atoms with E-state index in [4.69, 9.17) is 5.11 Å². The molecule has 0 aliphatic carbocycles. The number of carboxylic acid groups (broad SMARTS) is 1. The minimum atomic E-state index is -1.43. The maximum atomic E-state index is 9.25. The Morgan fingerprint density at radius 1 is 1.86 bits per heavy atom. The largest absolute Gasteiger partial charge is 2.00 e. The average molecular weight is 118 g/mol. The molecule has 7 heavy (non-hydrogen) atoms. The molecule has 1 N–H and O–H groups in total. The molecule has 0 fully saturated rings. The molecule has 0 bridgehead atoms. The molecule has 0 saturated carbocycles. The van der Waals surface area contributed by atoms with Crippen LogP contribution in [0.2, 0.25) is 0 Å². The number of hydrogen-bond acceptors (Lipinski definition) is 3. The van der Waals surface area contributed by atoms with E-state index in [0.717, 1.165) is 7.11 Å². The number of hydrogen-bond donors (Lipinski definition) is 1. The van der Waals surface area contributed by atoms with Gasteiger partial charge in [0.05, 0.1) is 7.11 Å². The molecule has 0 amide bonds. The van der Waals surface area contributed by atoms with Crippen molar-refractivity contribution in [3.05, 3.63) is 0 Å². The summed E-state index contributed by atoms with van der Waals surface area (Å²) in [5, 5.41) is 7.57. The Balaban J connectivity index is -0.0000000417. The monoisotopic (exact) mass is 118 g/mol. The quantitative estimate of drug-likeness (QED) is 0.301. The summed E-state index contributed by atoms with van der Waals surface area (Å²) in [5.74, 6) is 0. The van der Waals surface area contributed by atoms with Gasteiger partial charge < -0.3 is 7.96 Å². The summed E-state index contributed by atoms with van der Waals surface area (Å²) in [6.07, 6.45) is -1.43. The van der Waals surface area contributed by atoms with E-state index in [9.17, 15) is 4.79 Å². The van der Waals surface area contributed by atoms with Crippen LogP contribution in [0.25, 0.3) is 0 Å². The summed E-state index contributed by atoms with van der Waals surface area (Å²) in [6, 6.07) is 0. The maximum Gasteiger partial charge on any atom is 2.00 e. The van der Waals surface area contributed by atoms with Gasteiger partial charge in [-0.3, -0.25) is 4.89 Å². The molecular formula is C2H6MgO4. The number of rotatable bonds is 1. The van der Waals surface area contributed by atoms with Gasteiger partial charge in [0.15, 0.2) is 0 Å². The second-order valence-electron chi connectivity index (χ2n) is 0.516. The molecule has 0 rings (SSSR count). The van der Waals surface area contributed by atoms with Gasteiger partial charge in [-0.1, -0.05) is 0 Å². The van der Waals surface area contributed by atoms with Gasteiger partial charge in [-0.15, -0.1) is 0 Å². The Bertz CT molecular complexity index is 60.5. The molecule has 5 heteroatoms. The van der Waals surface area contributed by atoms with Gasteiger partial charge in [0.1, 0.15) is 0 Å². The molecule has 0 aromatic heterocycles. The van der Waals surface area contributed by atoms with Crippen molar-refractivity contribution in [1.82, 2.24) is 0 Å². The SMILES string of the molecule is COOC(=O)O.[H-].[H-].[Mg+2]. The molecule has 0 aliphatic rings. The van der Waals surface area contributed by atoms with Gasteiger partial charge in [0.2, 0.25) is 0 Å². The van der Waals surface area contributed by atoms with Crippen molar-refractivity contribution in [3.63, 3.8) is 0 Å². The first-order chi connectivity index (χ1) is 2.77. The molecule has 40 valence electrons. The van der Waals surface area contributed by atoms with Crippen LogP contribution >= 0.6 is 0 Å². The molecule has 4 nitrogen and oxygen atoms in total. The van der Waals surface area contributed by atoms with E-state index in [0.29, 0.717) is 0 Å². The van der Waals surface area contributed by atoms with Gasteiger partial charge in [0, 0.05) is 0 Å². The fraction of sp³-hybridized carbons (Fsp3) is 0.500. The van der Waals surface area contributed by atoms with Crippen LogP contribution in [0.1, 0.15) is 2.85 Å². The Kier molecular flexibility index (Phi) is 8.63. The molecule has 0 spiro atoms.